The number of likely N-dealkylation sites (N-methyl/N-ethyl adjacent to an activating group) is 1. The molecule has 0 bridgehead atoms. The Labute approximate surface area is 112 Å². The molecule has 2 N–H and O–H groups in total. The van der Waals surface area contributed by atoms with Crippen molar-refractivity contribution in [2.75, 3.05) is 27.3 Å². The average Bonchev–Trinajstić information content (AvgIpc) is 2.80. The van der Waals surface area contributed by atoms with E-state index in [0.29, 0.717) is 19.0 Å². The van der Waals surface area contributed by atoms with Crippen molar-refractivity contribution in [2.24, 2.45) is 0 Å². The molecule has 0 saturated carbocycles. The lowest BCUT2D eigenvalue weighted by Gasteiger charge is -2.25. The summed E-state index contributed by atoms with van der Waals surface area (Å²) in [5, 5.41) is 5.01. The number of hydrazine groups is 1. The SMILES string of the molecule is CCOC1=CC(OC)=C(C2=CC(C=O)NN2C)CN1. The smallest absolute Gasteiger partial charge is 0.190 e. The number of aldehydes is 1. The van der Waals surface area contributed by atoms with Crippen molar-refractivity contribution in [1.29, 1.82) is 0 Å². The van der Waals surface area contributed by atoms with E-state index in [1.165, 1.54) is 0 Å². The van der Waals surface area contributed by atoms with Gasteiger partial charge in [0.05, 0.1) is 19.4 Å². The summed E-state index contributed by atoms with van der Waals surface area (Å²) in [6, 6.07) is -0.289. The number of hydrogen-bond donors (Lipinski definition) is 2. The number of nitrogens with one attached hydrogen (secondary N) is 2. The van der Waals surface area contributed by atoms with Gasteiger partial charge in [0.2, 0.25) is 0 Å². The Morgan fingerprint density at radius 1 is 1.58 bits per heavy atom. The van der Waals surface area contributed by atoms with Crippen LogP contribution in [0.4, 0.5) is 0 Å². The minimum absolute atomic E-state index is 0.289. The molecule has 19 heavy (non-hydrogen) atoms. The molecule has 6 nitrogen and oxygen atoms in total. The maximum absolute atomic E-state index is 10.8. The summed E-state index contributed by atoms with van der Waals surface area (Å²) in [7, 11) is 3.50. The Bertz CT molecular complexity index is 454. The van der Waals surface area contributed by atoms with Crippen LogP contribution in [0.2, 0.25) is 0 Å². The summed E-state index contributed by atoms with van der Waals surface area (Å²) in [4.78, 5) is 10.8. The Morgan fingerprint density at radius 2 is 2.37 bits per heavy atom. The van der Waals surface area contributed by atoms with E-state index in [1.54, 1.807) is 7.11 Å². The van der Waals surface area contributed by atoms with Gasteiger partial charge in [0.1, 0.15) is 18.1 Å². The van der Waals surface area contributed by atoms with E-state index in [4.69, 9.17) is 9.47 Å². The minimum atomic E-state index is -0.289. The highest BCUT2D eigenvalue weighted by Crippen LogP contribution is 2.25. The predicted octanol–water partition coefficient (Wildman–Crippen LogP) is 0.269. The Kier molecular flexibility index (Phi) is 4.11. The molecule has 2 rings (SSSR count). The minimum Gasteiger partial charge on any atom is -0.496 e. The number of methoxy groups -OCH3 is 1. The van der Waals surface area contributed by atoms with Crippen LogP contribution in [0.5, 0.6) is 0 Å². The van der Waals surface area contributed by atoms with Crippen LogP contribution in [0, 0.1) is 0 Å². The fraction of sp³-hybridized carbons (Fsp3) is 0.462. The van der Waals surface area contributed by atoms with Crippen LogP contribution >= 0.6 is 0 Å². The second-order valence-corrected chi connectivity index (χ2v) is 4.24. The fourth-order valence-corrected chi connectivity index (χ4v) is 2.15. The molecule has 0 radical (unpaired) electrons. The summed E-state index contributed by atoms with van der Waals surface area (Å²) < 4.78 is 10.8. The molecule has 1 unspecified atom stereocenters. The highest BCUT2D eigenvalue weighted by atomic mass is 16.5. The number of hydrogen-bond acceptors (Lipinski definition) is 6. The first-order valence-electron chi connectivity index (χ1n) is 6.22. The zero-order chi connectivity index (χ0) is 13.8. The lowest BCUT2D eigenvalue weighted by atomic mass is 10.1. The summed E-state index contributed by atoms with van der Waals surface area (Å²) in [6.07, 6.45) is 4.57. The molecular formula is C13H19N3O3. The third-order valence-corrected chi connectivity index (χ3v) is 3.02. The summed E-state index contributed by atoms with van der Waals surface area (Å²) >= 11 is 0. The number of carbonyl (C=O) groups is 1. The van der Waals surface area contributed by atoms with Crippen molar-refractivity contribution < 1.29 is 14.3 Å². The van der Waals surface area contributed by atoms with Gasteiger partial charge in [0, 0.05) is 25.2 Å². The molecule has 2 aliphatic heterocycles. The standard InChI is InChI=1S/C13H19N3O3/c1-4-19-13-6-12(18-3)10(7-14-13)11-5-9(8-17)15-16(11)2/h5-6,8-9,14-15H,4,7H2,1-3H3. The maximum atomic E-state index is 10.8. The molecule has 1 atom stereocenters. The van der Waals surface area contributed by atoms with Gasteiger partial charge in [0.15, 0.2) is 5.88 Å². The molecule has 0 aromatic heterocycles. The van der Waals surface area contributed by atoms with E-state index in [1.807, 2.05) is 31.1 Å². The zero-order valence-corrected chi connectivity index (χ0v) is 11.4. The van der Waals surface area contributed by atoms with Gasteiger partial charge in [-0.1, -0.05) is 0 Å². The van der Waals surface area contributed by atoms with Crippen molar-refractivity contribution in [3.8, 4) is 0 Å². The highest BCUT2D eigenvalue weighted by Gasteiger charge is 2.26. The second-order valence-electron chi connectivity index (χ2n) is 4.24. The summed E-state index contributed by atoms with van der Waals surface area (Å²) in [6.45, 7) is 3.13. The van der Waals surface area contributed by atoms with E-state index in [0.717, 1.165) is 23.3 Å². The molecule has 0 amide bonds. The lowest BCUT2D eigenvalue weighted by Crippen LogP contribution is -2.36. The molecule has 6 heteroatoms. The van der Waals surface area contributed by atoms with E-state index in [2.05, 4.69) is 10.7 Å². The van der Waals surface area contributed by atoms with Crippen molar-refractivity contribution in [3.63, 3.8) is 0 Å². The first-order valence-corrected chi connectivity index (χ1v) is 6.22. The maximum Gasteiger partial charge on any atom is 0.190 e. The van der Waals surface area contributed by atoms with Crippen LogP contribution < -0.4 is 10.7 Å². The van der Waals surface area contributed by atoms with Crippen molar-refractivity contribution in [3.05, 3.63) is 35.1 Å². The summed E-state index contributed by atoms with van der Waals surface area (Å²) in [5.74, 6) is 1.44. The first-order chi connectivity index (χ1) is 9.19. The zero-order valence-electron chi connectivity index (χ0n) is 11.4. The molecule has 0 aliphatic carbocycles. The van der Waals surface area contributed by atoms with Crippen LogP contribution in [0.1, 0.15) is 6.92 Å². The third-order valence-electron chi connectivity index (χ3n) is 3.02. The van der Waals surface area contributed by atoms with Gasteiger partial charge in [-0.3, -0.25) is 0 Å². The number of nitrogens with zero attached hydrogens (tertiary/aromatic N) is 1. The van der Waals surface area contributed by atoms with Gasteiger partial charge in [-0.15, -0.1) is 0 Å². The van der Waals surface area contributed by atoms with Gasteiger partial charge < -0.3 is 24.6 Å². The first kappa shape index (κ1) is 13.5. The van der Waals surface area contributed by atoms with Crippen LogP contribution in [0.3, 0.4) is 0 Å². The molecule has 104 valence electrons. The molecule has 2 aliphatic rings. The van der Waals surface area contributed by atoms with Crippen molar-refractivity contribution >= 4 is 6.29 Å². The Balaban J connectivity index is 2.29. The molecule has 0 fully saturated rings. The third kappa shape index (κ3) is 2.73. The van der Waals surface area contributed by atoms with Crippen LogP contribution in [-0.2, 0) is 14.3 Å². The monoisotopic (exact) mass is 265 g/mol. The number of rotatable bonds is 5. The molecule has 0 saturated heterocycles. The topological polar surface area (TPSA) is 62.8 Å². The van der Waals surface area contributed by atoms with E-state index < -0.39 is 0 Å². The second kappa shape index (κ2) is 5.79. The fourth-order valence-electron chi connectivity index (χ4n) is 2.15. The van der Waals surface area contributed by atoms with Gasteiger partial charge in [-0.05, 0) is 13.0 Å². The van der Waals surface area contributed by atoms with Gasteiger partial charge >= 0.3 is 0 Å². The highest BCUT2D eigenvalue weighted by molar-refractivity contribution is 5.63. The van der Waals surface area contributed by atoms with Crippen molar-refractivity contribution in [1.82, 2.24) is 15.8 Å². The van der Waals surface area contributed by atoms with Crippen LogP contribution in [0.15, 0.2) is 35.1 Å². The Hall–Kier alpha value is -1.95. The number of ether oxygens (including phenoxy) is 2. The van der Waals surface area contributed by atoms with Gasteiger partial charge in [-0.2, -0.15) is 0 Å². The van der Waals surface area contributed by atoms with Crippen LogP contribution in [0.25, 0.3) is 0 Å². The van der Waals surface area contributed by atoms with Crippen molar-refractivity contribution in [2.45, 2.75) is 13.0 Å². The average molecular weight is 265 g/mol. The van der Waals surface area contributed by atoms with E-state index in [9.17, 15) is 4.79 Å². The molecular weight excluding hydrogens is 246 g/mol. The van der Waals surface area contributed by atoms with E-state index in [-0.39, 0.29) is 6.04 Å². The normalized spacial score (nSPS) is 22.7. The Morgan fingerprint density at radius 3 is 2.95 bits per heavy atom. The number of dihydropyridines is 1. The summed E-state index contributed by atoms with van der Waals surface area (Å²) in [5.41, 5.74) is 4.96. The molecule has 2 heterocycles. The quantitative estimate of drug-likeness (QED) is 0.696. The largest absolute Gasteiger partial charge is 0.496 e. The lowest BCUT2D eigenvalue weighted by molar-refractivity contribution is -0.109. The van der Waals surface area contributed by atoms with Gasteiger partial charge in [-0.25, -0.2) is 5.43 Å². The number of allylic oxidation sites excluding steroid dienone is 1. The number of carbonyl (C=O) groups excluding carboxylic acids is 1. The van der Waals surface area contributed by atoms with Gasteiger partial charge in [0.25, 0.3) is 0 Å². The van der Waals surface area contributed by atoms with E-state index >= 15 is 0 Å². The molecule has 0 spiro atoms. The van der Waals surface area contributed by atoms with Crippen LogP contribution in [-0.4, -0.2) is 44.6 Å². The molecule has 0 aromatic rings. The molecule has 0 aromatic carbocycles. The predicted molar refractivity (Wildman–Crippen MR) is 70.6 cm³/mol.